The highest BCUT2D eigenvalue weighted by Crippen LogP contribution is 2.29. The van der Waals surface area contributed by atoms with Crippen molar-refractivity contribution in [1.29, 1.82) is 0 Å². The second-order valence-corrected chi connectivity index (χ2v) is 4.70. The van der Waals surface area contributed by atoms with Crippen LogP contribution >= 0.6 is 11.8 Å². The average molecular weight is 224 g/mol. The van der Waals surface area contributed by atoms with E-state index in [2.05, 4.69) is 19.1 Å². The molecule has 0 radical (unpaired) electrons. The van der Waals surface area contributed by atoms with Crippen LogP contribution in [0.2, 0.25) is 0 Å². The molecular weight excluding hydrogens is 204 g/mol. The van der Waals surface area contributed by atoms with Gasteiger partial charge in [0.05, 0.1) is 7.11 Å². The Morgan fingerprint density at radius 2 is 1.93 bits per heavy atom. The predicted octanol–water partition coefficient (Wildman–Crippen LogP) is 4.37. The third-order valence-electron chi connectivity index (χ3n) is 2.32. The first-order chi connectivity index (χ1) is 7.38. The molecule has 1 aromatic rings. The lowest BCUT2D eigenvalue weighted by Crippen LogP contribution is -1.87. The van der Waals surface area contributed by atoms with Gasteiger partial charge in [-0.1, -0.05) is 38.3 Å². The van der Waals surface area contributed by atoms with E-state index in [0.717, 1.165) is 5.75 Å². The molecule has 0 spiro atoms. The standard InChI is InChI=1S/C13H20OS/c1-3-4-5-8-11-15-13-10-7-6-9-12(13)14-2/h6-7,9-10H,3-5,8,11H2,1-2H3. The Hall–Kier alpha value is -0.630. The van der Waals surface area contributed by atoms with Crippen LogP contribution < -0.4 is 4.74 Å². The van der Waals surface area contributed by atoms with Crippen molar-refractivity contribution in [2.75, 3.05) is 12.9 Å². The summed E-state index contributed by atoms with van der Waals surface area (Å²) in [6, 6.07) is 8.23. The van der Waals surface area contributed by atoms with Gasteiger partial charge in [-0.3, -0.25) is 0 Å². The molecule has 0 aliphatic rings. The molecule has 0 N–H and O–H groups in total. The van der Waals surface area contributed by atoms with Gasteiger partial charge in [-0.25, -0.2) is 0 Å². The Morgan fingerprint density at radius 1 is 1.13 bits per heavy atom. The maximum absolute atomic E-state index is 5.30. The molecule has 0 saturated heterocycles. The SMILES string of the molecule is CCCCCCSc1ccccc1OC. The van der Waals surface area contributed by atoms with Crippen LogP contribution in [0.25, 0.3) is 0 Å². The highest BCUT2D eigenvalue weighted by Gasteiger charge is 2.00. The summed E-state index contributed by atoms with van der Waals surface area (Å²) in [5, 5.41) is 0. The zero-order valence-electron chi connectivity index (χ0n) is 9.66. The van der Waals surface area contributed by atoms with Gasteiger partial charge in [-0.2, -0.15) is 0 Å². The lowest BCUT2D eigenvalue weighted by Gasteiger charge is -2.07. The Balaban J connectivity index is 2.30. The fraction of sp³-hybridized carbons (Fsp3) is 0.538. The normalized spacial score (nSPS) is 10.3. The smallest absolute Gasteiger partial charge is 0.132 e. The Kier molecular flexibility index (Phi) is 6.33. The summed E-state index contributed by atoms with van der Waals surface area (Å²) < 4.78 is 5.30. The molecule has 0 heterocycles. The number of ether oxygens (including phenoxy) is 1. The molecule has 0 fully saturated rings. The second kappa shape index (κ2) is 7.63. The minimum atomic E-state index is 0.998. The van der Waals surface area contributed by atoms with E-state index in [0.29, 0.717) is 0 Å². The van der Waals surface area contributed by atoms with Crippen LogP contribution in [0.3, 0.4) is 0 Å². The molecule has 15 heavy (non-hydrogen) atoms. The van der Waals surface area contributed by atoms with E-state index in [4.69, 9.17) is 4.74 Å². The van der Waals surface area contributed by atoms with Crippen LogP contribution in [0, 0.1) is 0 Å². The van der Waals surface area contributed by atoms with Gasteiger partial charge in [0.1, 0.15) is 5.75 Å². The van der Waals surface area contributed by atoms with Gasteiger partial charge < -0.3 is 4.74 Å². The summed E-state index contributed by atoms with van der Waals surface area (Å²) in [4.78, 5) is 1.26. The minimum Gasteiger partial charge on any atom is -0.496 e. The summed E-state index contributed by atoms with van der Waals surface area (Å²) >= 11 is 1.90. The quantitative estimate of drug-likeness (QED) is 0.502. The zero-order chi connectivity index (χ0) is 10.9. The van der Waals surface area contributed by atoms with Crippen molar-refractivity contribution >= 4 is 11.8 Å². The first-order valence-electron chi connectivity index (χ1n) is 5.64. The molecule has 1 aromatic carbocycles. The van der Waals surface area contributed by atoms with E-state index in [1.165, 1.54) is 36.3 Å². The zero-order valence-corrected chi connectivity index (χ0v) is 10.5. The molecule has 84 valence electrons. The maximum Gasteiger partial charge on any atom is 0.132 e. The summed E-state index contributed by atoms with van der Waals surface area (Å²) in [6.07, 6.45) is 5.31. The van der Waals surface area contributed by atoms with E-state index in [-0.39, 0.29) is 0 Å². The Bertz CT molecular complexity index is 273. The summed E-state index contributed by atoms with van der Waals surface area (Å²) in [5.74, 6) is 2.19. The number of thioether (sulfide) groups is 1. The monoisotopic (exact) mass is 224 g/mol. The molecule has 0 saturated carbocycles. The minimum absolute atomic E-state index is 0.998. The van der Waals surface area contributed by atoms with Crippen molar-refractivity contribution < 1.29 is 4.74 Å². The molecule has 0 aliphatic heterocycles. The van der Waals surface area contributed by atoms with Crippen molar-refractivity contribution in [2.45, 2.75) is 37.5 Å². The summed E-state index contributed by atoms with van der Waals surface area (Å²) in [7, 11) is 1.73. The number of rotatable bonds is 7. The molecule has 1 nitrogen and oxygen atoms in total. The highest BCUT2D eigenvalue weighted by molar-refractivity contribution is 7.99. The third kappa shape index (κ3) is 4.61. The lowest BCUT2D eigenvalue weighted by molar-refractivity contribution is 0.405. The first-order valence-corrected chi connectivity index (χ1v) is 6.63. The fourth-order valence-electron chi connectivity index (χ4n) is 1.45. The molecule has 2 heteroatoms. The van der Waals surface area contributed by atoms with Crippen molar-refractivity contribution in [1.82, 2.24) is 0 Å². The molecule has 0 aromatic heterocycles. The topological polar surface area (TPSA) is 9.23 Å². The average Bonchev–Trinajstić information content (AvgIpc) is 2.29. The van der Waals surface area contributed by atoms with Crippen molar-refractivity contribution in [3.05, 3.63) is 24.3 Å². The molecule has 1 rings (SSSR count). The van der Waals surface area contributed by atoms with E-state index in [9.17, 15) is 0 Å². The van der Waals surface area contributed by atoms with Crippen LogP contribution in [0.4, 0.5) is 0 Å². The number of para-hydroxylation sites is 1. The van der Waals surface area contributed by atoms with Gasteiger partial charge in [0, 0.05) is 4.90 Å². The third-order valence-corrected chi connectivity index (χ3v) is 3.47. The fourth-order valence-corrected chi connectivity index (χ4v) is 2.49. The van der Waals surface area contributed by atoms with E-state index in [1.54, 1.807) is 7.11 Å². The largest absolute Gasteiger partial charge is 0.496 e. The van der Waals surface area contributed by atoms with Gasteiger partial charge in [0.2, 0.25) is 0 Å². The van der Waals surface area contributed by atoms with Gasteiger partial charge in [-0.05, 0) is 24.3 Å². The van der Waals surface area contributed by atoms with Crippen molar-refractivity contribution in [2.24, 2.45) is 0 Å². The predicted molar refractivity (Wildman–Crippen MR) is 67.9 cm³/mol. The second-order valence-electron chi connectivity index (χ2n) is 3.56. The summed E-state index contributed by atoms with van der Waals surface area (Å²) in [6.45, 7) is 2.24. The molecule has 0 atom stereocenters. The van der Waals surface area contributed by atoms with Crippen LogP contribution in [-0.2, 0) is 0 Å². The van der Waals surface area contributed by atoms with Gasteiger partial charge in [0.25, 0.3) is 0 Å². The van der Waals surface area contributed by atoms with Crippen LogP contribution in [0.1, 0.15) is 32.6 Å². The van der Waals surface area contributed by atoms with Crippen LogP contribution in [0.15, 0.2) is 29.2 Å². The number of methoxy groups -OCH3 is 1. The van der Waals surface area contributed by atoms with E-state index in [1.807, 2.05) is 23.9 Å². The lowest BCUT2D eigenvalue weighted by atomic mass is 10.2. The van der Waals surface area contributed by atoms with Crippen molar-refractivity contribution in [3.63, 3.8) is 0 Å². The molecule has 0 bridgehead atoms. The van der Waals surface area contributed by atoms with Crippen LogP contribution in [-0.4, -0.2) is 12.9 Å². The first kappa shape index (κ1) is 12.4. The maximum atomic E-state index is 5.30. The molecular formula is C13H20OS. The highest BCUT2D eigenvalue weighted by atomic mass is 32.2. The molecule has 0 amide bonds. The van der Waals surface area contributed by atoms with Gasteiger partial charge in [0.15, 0.2) is 0 Å². The van der Waals surface area contributed by atoms with E-state index < -0.39 is 0 Å². The van der Waals surface area contributed by atoms with Crippen LogP contribution in [0.5, 0.6) is 5.75 Å². The van der Waals surface area contributed by atoms with Gasteiger partial charge >= 0.3 is 0 Å². The molecule has 0 aliphatic carbocycles. The van der Waals surface area contributed by atoms with Gasteiger partial charge in [-0.15, -0.1) is 11.8 Å². The number of hydrogen-bond acceptors (Lipinski definition) is 2. The number of benzene rings is 1. The van der Waals surface area contributed by atoms with E-state index >= 15 is 0 Å². The number of unbranched alkanes of at least 4 members (excludes halogenated alkanes) is 3. The molecule has 0 unspecified atom stereocenters. The summed E-state index contributed by atoms with van der Waals surface area (Å²) in [5.41, 5.74) is 0. The Morgan fingerprint density at radius 3 is 2.67 bits per heavy atom. The van der Waals surface area contributed by atoms with Crippen molar-refractivity contribution in [3.8, 4) is 5.75 Å². The number of hydrogen-bond donors (Lipinski definition) is 0. The Labute approximate surface area is 97.2 Å².